The molecule has 138 valence electrons. The summed E-state index contributed by atoms with van der Waals surface area (Å²) in [6.07, 6.45) is 5.13. The lowest BCUT2D eigenvalue weighted by atomic mass is 10.3. The smallest absolute Gasteiger partial charge is 0.250 e. The van der Waals surface area contributed by atoms with Crippen LogP contribution in [0.4, 0.5) is 0 Å². The molecule has 0 radical (unpaired) electrons. The summed E-state index contributed by atoms with van der Waals surface area (Å²) in [5.74, 6) is 0. The van der Waals surface area contributed by atoms with Gasteiger partial charge in [-0.25, -0.2) is 13.4 Å². The van der Waals surface area contributed by atoms with Crippen LogP contribution in [0.25, 0.3) is 5.65 Å². The van der Waals surface area contributed by atoms with Crippen LogP contribution in [0, 0.1) is 6.92 Å². The topological polar surface area (TPSA) is 76.7 Å². The number of fused-ring (bicyclic) bond motifs is 1. The molecule has 7 nitrogen and oxygen atoms in total. The molecule has 0 fully saturated rings. The maximum absolute atomic E-state index is 12.7. The van der Waals surface area contributed by atoms with Gasteiger partial charge in [0.05, 0.1) is 17.1 Å². The molecule has 3 aromatic heterocycles. The molecule has 0 aromatic carbocycles. The predicted octanol–water partition coefficient (Wildman–Crippen LogP) is 1.88. The first-order valence-electron chi connectivity index (χ1n) is 8.50. The Hall–Kier alpha value is -2.45. The van der Waals surface area contributed by atoms with Crippen LogP contribution in [0.3, 0.4) is 0 Å². The van der Waals surface area contributed by atoms with E-state index in [0.717, 1.165) is 11.2 Å². The molecule has 26 heavy (non-hydrogen) atoms. The molecule has 0 amide bonds. The Labute approximate surface area is 152 Å². The molecular formula is C18H22N4O3S. The Kier molecular flexibility index (Phi) is 4.97. The Morgan fingerprint density at radius 2 is 1.85 bits per heavy atom. The Morgan fingerprint density at radius 1 is 1.12 bits per heavy atom. The fourth-order valence-electron chi connectivity index (χ4n) is 2.95. The van der Waals surface area contributed by atoms with Gasteiger partial charge in [0.15, 0.2) is 0 Å². The van der Waals surface area contributed by atoms with Crippen LogP contribution < -0.4 is 5.56 Å². The summed E-state index contributed by atoms with van der Waals surface area (Å²) in [7, 11) is -3.62. The molecule has 0 saturated carbocycles. The first-order valence-corrected chi connectivity index (χ1v) is 9.94. The molecule has 0 atom stereocenters. The minimum Gasteiger partial charge on any atom is -0.308 e. The van der Waals surface area contributed by atoms with Crippen LogP contribution in [0.2, 0.25) is 0 Å². The zero-order valence-electron chi connectivity index (χ0n) is 15.1. The summed E-state index contributed by atoms with van der Waals surface area (Å²) >= 11 is 0. The number of sulfonamides is 1. The number of imidazole rings is 1. The fourth-order valence-corrected chi connectivity index (χ4v) is 4.43. The third-order valence-corrected chi connectivity index (χ3v) is 6.39. The second-order valence-electron chi connectivity index (χ2n) is 6.07. The van der Waals surface area contributed by atoms with Gasteiger partial charge in [-0.1, -0.05) is 19.9 Å². The van der Waals surface area contributed by atoms with Gasteiger partial charge >= 0.3 is 0 Å². The Balaban J connectivity index is 2.00. The summed E-state index contributed by atoms with van der Waals surface area (Å²) in [6.45, 7) is 6.51. The van der Waals surface area contributed by atoms with E-state index in [1.54, 1.807) is 13.8 Å². The van der Waals surface area contributed by atoms with Crippen LogP contribution in [0.1, 0.15) is 25.1 Å². The first kappa shape index (κ1) is 18.3. The van der Waals surface area contributed by atoms with E-state index in [1.165, 1.54) is 27.2 Å². The van der Waals surface area contributed by atoms with Gasteiger partial charge in [-0.2, -0.15) is 4.31 Å². The normalized spacial score (nSPS) is 12.2. The maximum atomic E-state index is 12.7. The van der Waals surface area contributed by atoms with Gasteiger partial charge in [0, 0.05) is 37.7 Å². The van der Waals surface area contributed by atoms with Crippen molar-refractivity contribution in [1.29, 1.82) is 0 Å². The number of aryl methyl sites for hydroxylation is 1. The predicted molar refractivity (Wildman–Crippen MR) is 99.8 cm³/mol. The third-order valence-electron chi connectivity index (χ3n) is 4.36. The summed E-state index contributed by atoms with van der Waals surface area (Å²) in [5, 5.41) is 0. The van der Waals surface area contributed by atoms with E-state index >= 15 is 0 Å². The molecule has 0 saturated heterocycles. The van der Waals surface area contributed by atoms with Gasteiger partial charge in [-0.15, -0.1) is 0 Å². The number of hydrogen-bond donors (Lipinski definition) is 0. The lowest BCUT2D eigenvalue weighted by molar-refractivity contribution is 0.444. The Morgan fingerprint density at radius 3 is 2.50 bits per heavy atom. The monoisotopic (exact) mass is 374 g/mol. The van der Waals surface area contributed by atoms with Crippen molar-refractivity contribution >= 4 is 15.7 Å². The second kappa shape index (κ2) is 7.05. The van der Waals surface area contributed by atoms with Crippen molar-refractivity contribution in [2.45, 2.75) is 32.2 Å². The molecule has 0 aliphatic carbocycles. The summed E-state index contributed by atoms with van der Waals surface area (Å²) < 4.78 is 30.0. The SMILES string of the molecule is CCN(CC)S(=O)(=O)c1ccc(=O)n(Cc2cn3cccc(C)c3n2)c1. The minimum atomic E-state index is -3.62. The van der Waals surface area contributed by atoms with Crippen LogP contribution in [-0.4, -0.2) is 39.8 Å². The molecule has 3 heterocycles. The lowest BCUT2D eigenvalue weighted by Crippen LogP contribution is -2.32. The van der Waals surface area contributed by atoms with Crippen LogP contribution in [0.15, 0.2) is 52.5 Å². The third kappa shape index (κ3) is 3.30. The van der Waals surface area contributed by atoms with Gasteiger partial charge < -0.3 is 8.97 Å². The zero-order valence-corrected chi connectivity index (χ0v) is 15.9. The highest BCUT2D eigenvalue weighted by Gasteiger charge is 2.22. The average molecular weight is 374 g/mol. The van der Waals surface area contributed by atoms with Gasteiger partial charge in [-0.3, -0.25) is 4.79 Å². The van der Waals surface area contributed by atoms with Crippen LogP contribution in [-0.2, 0) is 16.6 Å². The van der Waals surface area contributed by atoms with Crippen LogP contribution in [0.5, 0.6) is 0 Å². The van der Waals surface area contributed by atoms with Gasteiger partial charge in [-0.05, 0) is 24.6 Å². The molecule has 3 rings (SSSR count). The highest BCUT2D eigenvalue weighted by Crippen LogP contribution is 2.15. The van der Waals surface area contributed by atoms with Gasteiger partial charge in [0.1, 0.15) is 5.65 Å². The molecule has 3 aromatic rings. The van der Waals surface area contributed by atoms with Crippen molar-refractivity contribution in [1.82, 2.24) is 18.3 Å². The van der Waals surface area contributed by atoms with E-state index in [4.69, 9.17) is 0 Å². The largest absolute Gasteiger partial charge is 0.308 e. The first-order chi connectivity index (χ1) is 12.4. The molecule has 0 bridgehead atoms. The highest BCUT2D eigenvalue weighted by atomic mass is 32.2. The van der Waals surface area contributed by atoms with Crippen molar-refractivity contribution in [3.8, 4) is 0 Å². The molecule has 8 heteroatoms. The fraction of sp³-hybridized carbons (Fsp3) is 0.333. The number of hydrogen-bond acceptors (Lipinski definition) is 4. The minimum absolute atomic E-state index is 0.112. The van der Waals surface area contributed by atoms with Gasteiger partial charge in [0.25, 0.3) is 5.56 Å². The van der Waals surface area contributed by atoms with Crippen molar-refractivity contribution in [3.05, 3.63) is 64.5 Å². The zero-order chi connectivity index (χ0) is 18.9. The van der Waals surface area contributed by atoms with E-state index in [2.05, 4.69) is 4.98 Å². The number of rotatable bonds is 6. The molecule has 0 aliphatic heterocycles. The van der Waals surface area contributed by atoms with E-state index in [9.17, 15) is 13.2 Å². The standard InChI is InChI=1S/C18H22N4O3S/c1-4-22(5-2)26(24,25)16-8-9-17(23)21(13-16)12-15-11-20-10-6-7-14(3)18(20)19-15/h6-11,13H,4-5,12H2,1-3H3. The molecule has 0 unspecified atom stereocenters. The number of pyridine rings is 2. The summed E-state index contributed by atoms with van der Waals surface area (Å²) in [6, 6.07) is 6.55. The molecular weight excluding hydrogens is 352 g/mol. The molecule has 0 N–H and O–H groups in total. The van der Waals surface area contributed by atoms with Crippen molar-refractivity contribution in [2.24, 2.45) is 0 Å². The maximum Gasteiger partial charge on any atom is 0.250 e. The van der Waals surface area contributed by atoms with Crippen molar-refractivity contribution in [2.75, 3.05) is 13.1 Å². The quantitative estimate of drug-likeness (QED) is 0.660. The second-order valence-corrected chi connectivity index (χ2v) is 8.01. The summed E-state index contributed by atoms with van der Waals surface area (Å²) in [5.41, 5.74) is 2.28. The van der Waals surface area contributed by atoms with Crippen molar-refractivity contribution in [3.63, 3.8) is 0 Å². The average Bonchev–Trinajstić information content (AvgIpc) is 3.01. The highest BCUT2D eigenvalue weighted by molar-refractivity contribution is 7.89. The van der Waals surface area contributed by atoms with Crippen LogP contribution >= 0.6 is 0 Å². The molecule has 0 spiro atoms. The van der Waals surface area contributed by atoms with E-state index < -0.39 is 10.0 Å². The number of nitrogens with zero attached hydrogens (tertiary/aromatic N) is 4. The summed E-state index contributed by atoms with van der Waals surface area (Å²) in [4.78, 5) is 16.9. The van der Waals surface area contributed by atoms with E-state index in [1.807, 2.05) is 35.9 Å². The van der Waals surface area contributed by atoms with Gasteiger partial charge in [0.2, 0.25) is 10.0 Å². The van der Waals surface area contributed by atoms with Crippen molar-refractivity contribution < 1.29 is 8.42 Å². The van der Waals surface area contributed by atoms with E-state index in [-0.39, 0.29) is 17.0 Å². The number of aromatic nitrogens is 3. The Bertz CT molecular complexity index is 1100. The van der Waals surface area contributed by atoms with E-state index in [0.29, 0.717) is 18.8 Å². The lowest BCUT2D eigenvalue weighted by Gasteiger charge is -2.18. The molecule has 0 aliphatic rings.